The Labute approximate surface area is 280 Å². The van der Waals surface area contributed by atoms with Gasteiger partial charge in [-0.05, 0) is 64.2 Å². The highest BCUT2D eigenvalue weighted by atomic mass is 127. The van der Waals surface area contributed by atoms with Crippen molar-refractivity contribution in [2.45, 2.75) is 194 Å². The maximum atomic E-state index is 12.7. The molecule has 0 aromatic heterocycles. The van der Waals surface area contributed by atoms with Gasteiger partial charge in [-0.15, -0.1) is 0 Å². The Kier molecular flexibility index (Phi) is 34.7. The molecular formula is C38H72INO2. The van der Waals surface area contributed by atoms with E-state index in [1.165, 1.54) is 141 Å². The fraction of sp³-hybridized carbons (Fsp3) is 0.842. The first kappa shape index (κ1) is 43.6. The quantitative estimate of drug-likeness (QED) is 0.0324. The van der Waals surface area contributed by atoms with Crippen molar-refractivity contribution in [3.63, 3.8) is 0 Å². The van der Waals surface area contributed by atoms with Crippen LogP contribution in [0.4, 0.5) is 0 Å². The molecule has 3 nitrogen and oxygen atoms in total. The van der Waals surface area contributed by atoms with Crippen LogP contribution in [-0.2, 0) is 9.59 Å². The van der Waals surface area contributed by atoms with Crippen LogP contribution in [0.25, 0.3) is 0 Å². The Bertz CT molecular complexity index is 601. The predicted molar refractivity (Wildman–Crippen MR) is 181 cm³/mol. The average Bonchev–Trinajstić information content (AvgIpc) is 2.96. The Morgan fingerprint density at radius 3 is 0.929 bits per heavy atom. The molecule has 0 saturated carbocycles. The number of hydrogen-bond donors (Lipinski definition) is 0. The van der Waals surface area contributed by atoms with Crippen LogP contribution >= 0.6 is 0 Å². The van der Waals surface area contributed by atoms with Crippen LogP contribution in [0.3, 0.4) is 0 Å². The number of hydrogen-bond acceptors (Lipinski definition) is 2. The lowest BCUT2D eigenvalue weighted by Gasteiger charge is -2.24. The molecule has 4 heteroatoms. The van der Waals surface area contributed by atoms with E-state index in [-0.39, 0.29) is 40.3 Å². The third-order valence-corrected chi connectivity index (χ3v) is 8.55. The molecule has 0 unspecified atom stereocenters. The van der Waals surface area contributed by atoms with Gasteiger partial charge >= 0.3 is 11.8 Å². The van der Waals surface area contributed by atoms with Gasteiger partial charge in [0.15, 0.2) is 0 Å². The highest BCUT2D eigenvalue weighted by molar-refractivity contribution is 5.84. The van der Waals surface area contributed by atoms with E-state index in [0.29, 0.717) is 12.8 Å². The number of amides is 2. The second kappa shape index (κ2) is 33.4. The van der Waals surface area contributed by atoms with Gasteiger partial charge in [0, 0.05) is 0 Å². The van der Waals surface area contributed by atoms with E-state index >= 15 is 0 Å². The predicted octanol–water partition coefficient (Wildman–Crippen LogP) is 9.20. The van der Waals surface area contributed by atoms with Gasteiger partial charge in [0.25, 0.3) is 0 Å². The molecule has 0 aromatic carbocycles. The molecule has 0 spiro atoms. The van der Waals surface area contributed by atoms with E-state index in [4.69, 9.17) is 0 Å². The number of rotatable bonds is 30. The van der Waals surface area contributed by atoms with Crippen LogP contribution in [0.5, 0.6) is 0 Å². The van der Waals surface area contributed by atoms with Crippen molar-refractivity contribution < 1.29 is 38.0 Å². The molecule has 248 valence electrons. The first-order valence-corrected chi connectivity index (χ1v) is 18.2. The number of unbranched alkanes of at least 4 members (excludes halogenated alkanes) is 22. The van der Waals surface area contributed by atoms with Gasteiger partial charge in [-0.25, -0.2) is 14.1 Å². The molecule has 0 aromatic rings. The molecule has 0 fully saturated rings. The molecule has 0 bridgehead atoms. The minimum atomic E-state index is -0.0766. The number of nitrogens with zero attached hydrogens (tertiary/aromatic N) is 1. The normalized spacial score (nSPS) is 11.9. The van der Waals surface area contributed by atoms with E-state index in [1.54, 1.807) is 14.1 Å². The Morgan fingerprint density at radius 2 is 0.643 bits per heavy atom. The monoisotopic (exact) mass is 701 g/mol. The number of carbonyl (C=O) groups is 2. The summed E-state index contributed by atoms with van der Waals surface area (Å²) in [6, 6.07) is 0. The number of allylic oxidation sites excluding steroid dienone is 4. The second-order valence-electron chi connectivity index (χ2n) is 12.9. The third kappa shape index (κ3) is 28.3. The molecule has 0 N–H and O–H groups in total. The summed E-state index contributed by atoms with van der Waals surface area (Å²) in [5.41, 5.74) is 0. The van der Waals surface area contributed by atoms with Crippen molar-refractivity contribution in [3.8, 4) is 0 Å². The number of carbonyl (C=O) groups excluding carboxylic acids is 2. The van der Waals surface area contributed by atoms with E-state index in [9.17, 15) is 9.59 Å². The standard InChI is InChI=1S/C38H72NO2.HI/c1-5-7-9-11-13-15-17-19-21-23-25-27-29-31-33-35-37(40)39(3,4)38(41)36-34-32-30-28-26-24-22-20-18-16-14-12-10-8-6-2;/h19-22H,5-18,23-36H2,1-4H3;1H/q+1;/p-1. The number of imide groups is 1. The smallest absolute Gasteiger partial charge is 0.320 e. The van der Waals surface area contributed by atoms with Crippen LogP contribution in [-0.4, -0.2) is 30.4 Å². The lowest BCUT2D eigenvalue weighted by atomic mass is 10.1. The maximum Gasteiger partial charge on any atom is 0.320 e. The molecule has 0 aliphatic rings. The van der Waals surface area contributed by atoms with Crippen molar-refractivity contribution in [1.29, 1.82) is 0 Å². The minimum absolute atomic E-state index is 0. The number of halogens is 1. The van der Waals surface area contributed by atoms with Crippen LogP contribution in [0.2, 0.25) is 0 Å². The Balaban J connectivity index is 0. The molecule has 0 atom stereocenters. The second-order valence-corrected chi connectivity index (χ2v) is 12.9. The molecule has 0 radical (unpaired) electrons. The van der Waals surface area contributed by atoms with E-state index in [2.05, 4.69) is 38.2 Å². The van der Waals surface area contributed by atoms with E-state index < -0.39 is 0 Å². The molecule has 0 rings (SSSR count). The summed E-state index contributed by atoms with van der Waals surface area (Å²) < 4.78 is -0.0766. The van der Waals surface area contributed by atoms with Gasteiger partial charge in [-0.1, -0.05) is 141 Å². The summed E-state index contributed by atoms with van der Waals surface area (Å²) in [4.78, 5) is 25.5. The first-order chi connectivity index (χ1) is 20.0. The zero-order valence-corrected chi connectivity index (χ0v) is 30.9. The van der Waals surface area contributed by atoms with E-state index in [0.717, 1.165) is 25.7 Å². The van der Waals surface area contributed by atoms with Gasteiger partial charge in [0.05, 0.1) is 26.9 Å². The molecule has 42 heavy (non-hydrogen) atoms. The van der Waals surface area contributed by atoms with Crippen LogP contribution in [0, 0.1) is 0 Å². The zero-order chi connectivity index (χ0) is 30.3. The van der Waals surface area contributed by atoms with Crippen molar-refractivity contribution in [2.75, 3.05) is 14.1 Å². The fourth-order valence-electron chi connectivity index (χ4n) is 5.39. The number of quaternary nitrogens is 1. The Morgan fingerprint density at radius 1 is 0.405 bits per heavy atom. The molecule has 0 aliphatic carbocycles. The van der Waals surface area contributed by atoms with Gasteiger partial charge in [-0.3, -0.25) is 0 Å². The van der Waals surface area contributed by atoms with Gasteiger partial charge in [0.1, 0.15) is 0 Å². The largest absolute Gasteiger partial charge is 1.00 e. The first-order valence-electron chi connectivity index (χ1n) is 18.2. The van der Waals surface area contributed by atoms with Crippen LogP contribution < -0.4 is 24.0 Å². The summed E-state index contributed by atoms with van der Waals surface area (Å²) in [5.74, 6) is 0.167. The Hall–Kier alpha value is -0.490. The topological polar surface area (TPSA) is 34.1 Å². The summed E-state index contributed by atoms with van der Waals surface area (Å²) in [6.45, 7) is 4.54. The molecular weight excluding hydrogens is 629 g/mol. The third-order valence-electron chi connectivity index (χ3n) is 8.55. The maximum absolute atomic E-state index is 12.7. The van der Waals surface area contributed by atoms with E-state index in [1.807, 2.05) is 0 Å². The van der Waals surface area contributed by atoms with Crippen molar-refractivity contribution >= 4 is 11.8 Å². The zero-order valence-electron chi connectivity index (χ0n) is 28.8. The molecule has 0 saturated heterocycles. The SMILES string of the molecule is CCCCCCCCC=CCCCCCCCC(=O)[N+](C)(C)C(=O)CCCCCCCC=CCCCCCCCC.[I-]. The van der Waals surface area contributed by atoms with Crippen molar-refractivity contribution in [3.05, 3.63) is 24.3 Å². The van der Waals surface area contributed by atoms with Crippen LogP contribution in [0.15, 0.2) is 24.3 Å². The molecule has 0 aliphatic heterocycles. The summed E-state index contributed by atoms with van der Waals surface area (Å²) in [6.07, 6.45) is 43.1. The highest BCUT2D eigenvalue weighted by Gasteiger charge is 2.33. The lowest BCUT2D eigenvalue weighted by molar-refractivity contribution is -0.736. The van der Waals surface area contributed by atoms with Gasteiger partial charge in [-0.2, -0.15) is 0 Å². The summed E-state index contributed by atoms with van der Waals surface area (Å²) >= 11 is 0. The van der Waals surface area contributed by atoms with Crippen molar-refractivity contribution in [2.24, 2.45) is 0 Å². The summed E-state index contributed by atoms with van der Waals surface area (Å²) in [5, 5.41) is 0. The molecule has 0 heterocycles. The van der Waals surface area contributed by atoms with Crippen molar-refractivity contribution in [1.82, 2.24) is 0 Å². The van der Waals surface area contributed by atoms with Crippen LogP contribution in [0.1, 0.15) is 194 Å². The minimum Gasteiger partial charge on any atom is -1.00 e. The van der Waals surface area contributed by atoms with Gasteiger partial charge in [0.2, 0.25) is 0 Å². The fourth-order valence-corrected chi connectivity index (χ4v) is 5.39. The highest BCUT2D eigenvalue weighted by Crippen LogP contribution is 2.15. The summed E-state index contributed by atoms with van der Waals surface area (Å²) in [7, 11) is 3.58. The molecule has 2 amide bonds. The van der Waals surface area contributed by atoms with Gasteiger partial charge < -0.3 is 24.0 Å². The average molecular weight is 702 g/mol. The lowest BCUT2D eigenvalue weighted by Crippen LogP contribution is -3.00.